The predicted molar refractivity (Wildman–Crippen MR) is 56.9 cm³/mol. The third-order valence-electron chi connectivity index (χ3n) is 1.83. The zero-order valence-electron chi connectivity index (χ0n) is 7.60. The summed E-state index contributed by atoms with van der Waals surface area (Å²) < 4.78 is 37.2. The van der Waals surface area contributed by atoms with Crippen molar-refractivity contribution in [3.63, 3.8) is 0 Å². The first-order valence-corrected chi connectivity index (χ1v) is 5.31. The number of hydrogen-bond acceptors (Lipinski definition) is 1. The van der Waals surface area contributed by atoms with Crippen LogP contribution in [-0.4, -0.2) is 9.94 Å². The van der Waals surface area contributed by atoms with Crippen molar-refractivity contribution in [2.45, 2.75) is 17.1 Å². The summed E-state index contributed by atoms with van der Waals surface area (Å²) >= 11 is 16.3. The molecular formula is C9H6Cl3F3O. The minimum absolute atomic E-state index is 0.0742. The van der Waals surface area contributed by atoms with E-state index in [0.717, 1.165) is 12.1 Å². The zero-order chi connectivity index (χ0) is 12.5. The highest BCUT2D eigenvalue weighted by molar-refractivity contribution is 6.44. The molecule has 16 heavy (non-hydrogen) atoms. The Hall–Kier alpha value is -0.160. The summed E-state index contributed by atoms with van der Waals surface area (Å²) in [4.78, 5) is -1.22. The van der Waals surface area contributed by atoms with Crippen molar-refractivity contribution in [1.82, 2.24) is 0 Å². The Morgan fingerprint density at radius 1 is 1.12 bits per heavy atom. The lowest BCUT2D eigenvalue weighted by Crippen LogP contribution is -2.10. The highest BCUT2D eigenvalue weighted by Gasteiger charge is 2.32. The van der Waals surface area contributed by atoms with Gasteiger partial charge in [0.15, 0.2) is 0 Å². The van der Waals surface area contributed by atoms with E-state index in [1.54, 1.807) is 0 Å². The second kappa shape index (κ2) is 5.00. The van der Waals surface area contributed by atoms with E-state index < -0.39 is 22.7 Å². The van der Waals surface area contributed by atoms with Crippen LogP contribution in [0.2, 0.25) is 5.02 Å². The van der Waals surface area contributed by atoms with Crippen LogP contribution in [0, 0.1) is 0 Å². The molecule has 0 bridgehead atoms. The van der Waals surface area contributed by atoms with Crippen LogP contribution in [-0.2, 0) is 6.18 Å². The quantitative estimate of drug-likeness (QED) is 0.810. The summed E-state index contributed by atoms with van der Waals surface area (Å²) in [5, 5.41) is 9.28. The van der Waals surface area contributed by atoms with Crippen LogP contribution in [0.3, 0.4) is 0 Å². The van der Waals surface area contributed by atoms with Gasteiger partial charge >= 0.3 is 6.18 Å². The van der Waals surface area contributed by atoms with Gasteiger partial charge in [0.05, 0.1) is 5.56 Å². The highest BCUT2D eigenvalue weighted by Crippen LogP contribution is 2.34. The predicted octanol–water partition coefficient (Wildman–Crippen LogP) is 4.20. The summed E-state index contributed by atoms with van der Waals surface area (Å²) in [5.41, 5.74) is -1.03. The Bertz CT molecular complexity index is 379. The van der Waals surface area contributed by atoms with Crippen LogP contribution in [0.4, 0.5) is 13.2 Å². The maximum Gasteiger partial charge on any atom is 0.416 e. The van der Waals surface area contributed by atoms with Gasteiger partial charge in [0.2, 0.25) is 0 Å². The Labute approximate surface area is 105 Å². The second-order valence-electron chi connectivity index (χ2n) is 3.05. The molecule has 0 saturated heterocycles. The van der Waals surface area contributed by atoms with E-state index >= 15 is 0 Å². The topological polar surface area (TPSA) is 20.2 Å². The Morgan fingerprint density at radius 2 is 1.69 bits per heavy atom. The first-order chi connectivity index (χ1) is 7.21. The molecule has 0 aliphatic heterocycles. The van der Waals surface area contributed by atoms with Crippen LogP contribution in [0.1, 0.15) is 17.2 Å². The molecule has 1 aromatic carbocycles. The molecule has 0 aliphatic carbocycles. The molecule has 1 N–H and O–H groups in total. The Balaban J connectivity index is 3.18. The third-order valence-corrected chi connectivity index (χ3v) is 2.52. The normalized spacial score (nSPS) is 14.2. The third kappa shape index (κ3) is 3.42. The summed E-state index contributed by atoms with van der Waals surface area (Å²) in [6.45, 7) is 0. The van der Waals surface area contributed by atoms with Gasteiger partial charge in [-0.2, -0.15) is 13.2 Å². The van der Waals surface area contributed by atoms with E-state index in [9.17, 15) is 18.3 Å². The van der Waals surface area contributed by atoms with E-state index in [-0.39, 0.29) is 10.6 Å². The molecule has 0 saturated carbocycles. The monoisotopic (exact) mass is 292 g/mol. The largest absolute Gasteiger partial charge is 0.416 e. The molecular weight excluding hydrogens is 287 g/mol. The number of halogens is 6. The fourth-order valence-corrected chi connectivity index (χ4v) is 1.63. The molecule has 0 radical (unpaired) electrons. The van der Waals surface area contributed by atoms with E-state index in [1.807, 2.05) is 0 Å². The number of alkyl halides is 5. The molecule has 1 atom stereocenters. The van der Waals surface area contributed by atoms with Gasteiger partial charge in [-0.1, -0.05) is 11.6 Å². The number of hydrogen-bond donors (Lipinski definition) is 1. The van der Waals surface area contributed by atoms with E-state index in [0.29, 0.717) is 0 Å². The van der Waals surface area contributed by atoms with Crippen LogP contribution in [0.25, 0.3) is 0 Å². The van der Waals surface area contributed by atoms with Crippen LogP contribution >= 0.6 is 34.8 Å². The fourth-order valence-electron chi connectivity index (χ4n) is 1.09. The first-order valence-electron chi connectivity index (χ1n) is 4.05. The van der Waals surface area contributed by atoms with Crippen molar-refractivity contribution >= 4 is 34.8 Å². The van der Waals surface area contributed by atoms with E-state index in [2.05, 4.69) is 0 Å². The van der Waals surface area contributed by atoms with Gasteiger partial charge in [-0.25, -0.2) is 0 Å². The molecule has 7 heteroatoms. The van der Waals surface area contributed by atoms with Gasteiger partial charge in [0, 0.05) is 5.02 Å². The molecule has 0 fully saturated rings. The second-order valence-corrected chi connectivity index (χ2v) is 4.65. The van der Waals surface area contributed by atoms with Crippen molar-refractivity contribution in [2.75, 3.05) is 0 Å². The number of aliphatic hydroxyl groups excluding tert-OH is 1. The molecule has 1 unspecified atom stereocenters. The lowest BCUT2D eigenvalue weighted by Gasteiger charge is -2.15. The van der Waals surface area contributed by atoms with Gasteiger partial charge in [-0.3, -0.25) is 0 Å². The van der Waals surface area contributed by atoms with Crippen molar-refractivity contribution < 1.29 is 18.3 Å². The van der Waals surface area contributed by atoms with Crippen LogP contribution in [0.5, 0.6) is 0 Å². The number of aliphatic hydroxyl groups is 1. The van der Waals surface area contributed by atoms with Crippen molar-refractivity contribution in [2.24, 2.45) is 0 Å². The minimum Gasteiger partial charge on any atom is -0.386 e. The Morgan fingerprint density at radius 3 is 2.12 bits per heavy atom. The maximum atomic E-state index is 12.4. The molecule has 1 nitrogen and oxygen atoms in total. The van der Waals surface area contributed by atoms with Gasteiger partial charge in [0.25, 0.3) is 0 Å². The van der Waals surface area contributed by atoms with Gasteiger partial charge in [-0.15, -0.1) is 23.2 Å². The lowest BCUT2D eigenvalue weighted by atomic mass is 10.1. The molecule has 1 aromatic rings. The van der Waals surface area contributed by atoms with E-state index in [4.69, 9.17) is 34.8 Å². The molecule has 0 aromatic heterocycles. The fraction of sp³-hybridized carbons (Fsp3) is 0.333. The van der Waals surface area contributed by atoms with Gasteiger partial charge in [-0.05, 0) is 23.8 Å². The summed E-state index contributed by atoms with van der Waals surface area (Å²) in [5.74, 6) is 0. The van der Waals surface area contributed by atoms with Gasteiger partial charge < -0.3 is 5.11 Å². The molecule has 0 aliphatic rings. The highest BCUT2D eigenvalue weighted by atomic mass is 35.5. The smallest absolute Gasteiger partial charge is 0.386 e. The average Bonchev–Trinajstić information content (AvgIpc) is 2.14. The number of rotatable bonds is 2. The minimum atomic E-state index is -4.53. The van der Waals surface area contributed by atoms with Crippen molar-refractivity contribution in [3.8, 4) is 0 Å². The molecule has 1 rings (SSSR count). The maximum absolute atomic E-state index is 12.4. The van der Waals surface area contributed by atoms with Gasteiger partial charge in [0.1, 0.15) is 10.9 Å². The van der Waals surface area contributed by atoms with Crippen LogP contribution in [0.15, 0.2) is 18.2 Å². The zero-order valence-corrected chi connectivity index (χ0v) is 9.87. The summed E-state index contributed by atoms with van der Waals surface area (Å²) in [6.07, 6.45) is -5.95. The number of benzene rings is 1. The van der Waals surface area contributed by atoms with Crippen LogP contribution < -0.4 is 0 Å². The van der Waals surface area contributed by atoms with Crippen molar-refractivity contribution in [1.29, 1.82) is 0 Å². The molecule has 0 spiro atoms. The lowest BCUT2D eigenvalue weighted by molar-refractivity contribution is -0.137. The average molecular weight is 293 g/mol. The standard InChI is InChI=1S/C9H6Cl3F3O/c10-6-2-4(7(16)8(11)12)1-5(3-6)9(13,14)15/h1-3,7-8,16H. The molecule has 90 valence electrons. The summed E-state index contributed by atoms with van der Waals surface area (Å²) in [7, 11) is 0. The first kappa shape index (κ1) is 13.9. The van der Waals surface area contributed by atoms with E-state index in [1.165, 1.54) is 6.07 Å². The van der Waals surface area contributed by atoms with Crippen molar-refractivity contribution in [3.05, 3.63) is 34.3 Å². The molecule has 0 amide bonds. The SMILES string of the molecule is OC(c1cc(Cl)cc(C(F)(F)F)c1)C(Cl)Cl. The Kier molecular flexibility index (Phi) is 4.35. The summed E-state index contributed by atoms with van der Waals surface area (Å²) in [6, 6.07) is 2.70. The molecule has 0 heterocycles.